The van der Waals surface area contributed by atoms with E-state index in [0.29, 0.717) is 18.6 Å². The van der Waals surface area contributed by atoms with Crippen molar-refractivity contribution in [3.05, 3.63) is 0 Å². The molecular formula is C16H30N2O2. The van der Waals surface area contributed by atoms with Crippen molar-refractivity contribution in [3.63, 3.8) is 0 Å². The van der Waals surface area contributed by atoms with Gasteiger partial charge in [0.2, 0.25) is 5.91 Å². The van der Waals surface area contributed by atoms with Gasteiger partial charge in [-0.05, 0) is 51.6 Å². The van der Waals surface area contributed by atoms with Crippen molar-refractivity contribution >= 4 is 5.91 Å². The number of rotatable bonds is 5. The third kappa shape index (κ3) is 3.73. The molecule has 1 saturated heterocycles. The Hall–Kier alpha value is -0.610. The lowest BCUT2D eigenvalue weighted by atomic mass is 9.77. The Morgan fingerprint density at radius 2 is 1.95 bits per heavy atom. The first-order valence-electron chi connectivity index (χ1n) is 8.18. The summed E-state index contributed by atoms with van der Waals surface area (Å²) in [7, 11) is 1.70. The van der Waals surface area contributed by atoms with Gasteiger partial charge in [-0.15, -0.1) is 0 Å². The number of hydrogen-bond acceptors (Lipinski definition) is 3. The summed E-state index contributed by atoms with van der Waals surface area (Å²) >= 11 is 0. The molecule has 2 fully saturated rings. The molecule has 1 atom stereocenters. The van der Waals surface area contributed by atoms with Crippen molar-refractivity contribution in [1.29, 1.82) is 0 Å². The molecule has 0 spiro atoms. The molecule has 2 N–H and O–H groups in total. The van der Waals surface area contributed by atoms with E-state index in [0.717, 1.165) is 25.9 Å². The Balaban J connectivity index is 1.93. The van der Waals surface area contributed by atoms with Crippen molar-refractivity contribution < 1.29 is 9.53 Å². The van der Waals surface area contributed by atoms with Crippen LogP contribution in [-0.2, 0) is 9.53 Å². The molecule has 1 saturated carbocycles. The summed E-state index contributed by atoms with van der Waals surface area (Å²) in [5, 5.41) is 6.63. The predicted octanol–water partition coefficient (Wildman–Crippen LogP) is 2.09. The van der Waals surface area contributed by atoms with Crippen LogP contribution in [0.4, 0.5) is 0 Å². The molecule has 2 rings (SSSR count). The molecule has 0 aromatic carbocycles. The van der Waals surface area contributed by atoms with E-state index in [1.54, 1.807) is 7.11 Å². The number of methoxy groups -OCH3 is 1. The quantitative estimate of drug-likeness (QED) is 0.812. The highest BCUT2D eigenvalue weighted by Crippen LogP contribution is 2.31. The maximum Gasteiger partial charge on any atom is 0.228 e. The van der Waals surface area contributed by atoms with Gasteiger partial charge < -0.3 is 15.4 Å². The lowest BCUT2D eigenvalue weighted by Crippen LogP contribution is -2.53. The average molecular weight is 282 g/mol. The van der Waals surface area contributed by atoms with Gasteiger partial charge in [0.15, 0.2) is 0 Å². The molecule has 0 bridgehead atoms. The molecule has 116 valence electrons. The maximum absolute atomic E-state index is 12.7. The van der Waals surface area contributed by atoms with Crippen LogP contribution in [-0.4, -0.2) is 38.8 Å². The Kier molecular flexibility index (Phi) is 5.85. The first-order chi connectivity index (χ1) is 9.68. The zero-order chi connectivity index (χ0) is 14.4. The molecule has 0 aromatic heterocycles. The number of nitrogens with one attached hydrogen (secondary N) is 2. The maximum atomic E-state index is 12.7. The minimum atomic E-state index is -0.317. The second kappa shape index (κ2) is 7.41. The minimum Gasteiger partial charge on any atom is -0.384 e. The summed E-state index contributed by atoms with van der Waals surface area (Å²) in [5.41, 5.74) is -0.317. The fraction of sp³-hybridized carbons (Fsp3) is 0.938. The van der Waals surface area contributed by atoms with E-state index in [2.05, 4.69) is 17.6 Å². The number of carbonyl (C=O) groups is 1. The largest absolute Gasteiger partial charge is 0.384 e. The molecule has 20 heavy (non-hydrogen) atoms. The number of ether oxygens (including phenoxy) is 1. The molecule has 1 aliphatic carbocycles. The molecule has 2 aliphatic rings. The molecule has 1 amide bonds. The number of piperidine rings is 1. The Morgan fingerprint density at radius 1 is 1.30 bits per heavy atom. The van der Waals surface area contributed by atoms with Crippen LogP contribution in [0.1, 0.15) is 51.9 Å². The average Bonchev–Trinajstić information content (AvgIpc) is 2.49. The first kappa shape index (κ1) is 15.8. The summed E-state index contributed by atoms with van der Waals surface area (Å²) in [5.74, 6) is 0.868. The van der Waals surface area contributed by atoms with Gasteiger partial charge in [-0.3, -0.25) is 4.79 Å². The highest BCUT2D eigenvalue weighted by atomic mass is 16.5. The van der Waals surface area contributed by atoms with Crippen LogP contribution in [0, 0.1) is 11.3 Å². The molecule has 0 unspecified atom stereocenters. The lowest BCUT2D eigenvalue weighted by Gasteiger charge is -2.38. The van der Waals surface area contributed by atoms with E-state index in [1.807, 2.05) is 0 Å². The monoisotopic (exact) mass is 282 g/mol. The van der Waals surface area contributed by atoms with Crippen LogP contribution in [0.5, 0.6) is 0 Å². The van der Waals surface area contributed by atoms with E-state index in [-0.39, 0.29) is 11.3 Å². The zero-order valence-electron chi connectivity index (χ0n) is 13.0. The van der Waals surface area contributed by atoms with E-state index in [1.165, 1.54) is 32.1 Å². The van der Waals surface area contributed by atoms with Gasteiger partial charge >= 0.3 is 0 Å². The first-order valence-corrected chi connectivity index (χ1v) is 8.18. The molecular weight excluding hydrogens is 252 g/mol. The topological polar surface area (TPSA) is 50.4 Å². The molecule has 0 radical (unpaired) electrons. The number of hydrogen-bond donors (Lipinski definition) is 2. The standard InChI is InChI=1S/C16H30N2O2/c1-13(14-6-4-3-5-7-14)18-15(19)16(12-20-2)8-10-17-11-9-16/h13-14,17H,3-12H2,1-2H3,(H,18,19)/t13-/m1/s1. The highest BCUT2D eigenvalue weighted by Gasteiger charge is 2.40. The number of amides is 1. The third-order valence-electron chi connectivity index (χ3n) is 5.18. The van der Waals surface area contributed by atoms with Crippen molar-refractivity contribution in [3.8, 4) is 0 Å². The summed E-state index contributed by atoms with van der Waals surface area (Å²) in [6, 6.07) is 0.298. The van der Waals surface area contributed by atoms with E-state index in [9.17, 15) is 4.79 Å². The van der Waals surface area contributed by atoms with E-state index < -0.39 is 0 Å². The van der Waals surface area contributed by atoms with Gasteiger partial charge in [-0.25, -0.2) is 0 Å². The van der Waals surface area contributed by atoms with Gasteiger partial charge in [0.25, 0.3) is 0 Å². The van der Waals surface area contributed by atoms with Crippen LogP contribution in [0.25, 0.3) is 0 Å². The zero-order valence-corrected chi connectivity index (χ0v) is 13.0. The van der Waals surface area contributed by atoms with Crippen LogP contribution < -0.4 is 10.6 Å². The smallest absolute Gasteiger partial charge is 0.228 e. The van der Waals surface area contributed by atoms with Gasteiger partial charge in [-0.2, -0.15) is 0 Å². The fourth-order valence-electron chi connectivity index (χ4n) is 3.73. The van der Waals surface area contributed by atoms with Gasteiger partial charge in [0, 0.05) is 13.2 Å². The molecule has 4 nitrogen and oxygen atoms in total. The van der Waals surface area contributed by atoms with Crippen molar-refractivity contribution in [2.24, 2.45) is 11.3 Å². The molecule has 4 heteroatoms. The van der Waals surface area contributed by atoms with Crippen LogP contribution in [0.3, 0.4) is 0 Å². The Bertz CT molecular complexity index is 302. The van der Waals surface area contributed by atoms with Crippen molar-refractivity contribution in [1.82, 2.24) is 10.6 Å². The number of carbonyl (C=O) groups excluding carboxylic acids is 1. The minimum absolute atomic E-state index is 0.207. The molecule has 1 aliphatic heterocycles. The summed E-state index contributed by atoms with van der Waals surface area (Å²) in [6.45, 7) is 4.54. The van der Waals surface area contributed by atoms with Crippen LogP contribution in [0.2, 0.25) is 0 Å². The SMILES string of the molecule is COCC1(C(=O)N[C@H](C)C2CCCCC2)CCNCC1. The highest BCUT2D eigenvalue weighted by molar-refractivity contribution is 5.83. The predicted molar refractivity (Wildman–Crippen MR) is 80.6 cm³/mol. The fourth-order valence-corrected chi connectivity index (χ4v) is 3.73. The van der Waals surface area contributed by atoms with Crippen molar-refractivity contribution in [2.45, 2.75) is 57.9 Å². The van der Waals surface area contributed by atoms with Crippen LogP contribution >= 0.6 is 0 Å². The van der Waals surface area contributed by atoms with Crippen molar-refractivity contribution in [2.75, 3.05) is 26.8 Å². The second-order valence-corrected chi connectivity index (χ2v) is 6.62. The van der Waals surface area contributed by atoms with Crippen LogP contribution in [0.15, 0.2) is 0 Å². The molecule has 1 heterocycles. The Labute approximate surface area is 123 Å². The second-order valence-electron chi connectivity index (χ2n) is 6.62. The van der Waals surface area contributed by atoms with Gasteiger partial charge in [0.05, 0.1) is 12.0 Å². The lowest BCUT2D eigenvalue weighted by molar-refractivity contribution is -0.137. The van der Waals surface area contributed by atoms with Gasteiger partial charge in [-0.1, -0.05) is 19.3 Å². The van der Waals surface area contributed by atoms with E-state index >= 15 is 0 Å². The summed E-state index contributed by atoms with van der Waals surface area (Å²) in [6.07, 6.45) is 8.28. The summed E-state index contributed by atoms with van der Waals surface area (Å²) < 4.78 is 5.34. The van der Waals surface area contributed by atoms with E-state index in [4.69, 9.17) is 4.74 Å². The molecule has 0 aromatic rings. The third-order valence-corrected chi connectivity index (χ3v) is 5.18. The Morgan fingerprint density at radius 3 is 2.55 bits per heavy atom. The summed E-state index contributed by atoms with van der Waals surface area (Å²) in [4.78, 5) is 12.7. The van der Waals surface area contributed by atoms with Gasteiger partial charge in [0.1, 0.15) is 0 Å². The normalized spacial score (nSPS) is 25.1.